The van der Waals surface area contributed by atoms with Crippen molar-refractivity contribution in [1.29, 1.82) is 0 Å². The number of carbonyl (C=O) groups excluding carboxylic acids is 1. The molecule has 0 unspecified atom stereocenters. The molecule has 2 aromatic rings. The number of ether oxygens (including phenoxy) is 1. The van der Waals surface area contributed by atoms with Crippen LogP contribution >= 0.6 is 0 Å². The van der Waals surface area contributed by atoms with Crippen LogP contribution in [0.5, 0.6) is 5.75 Å². The molecule has 1 fully saturated rings. The largest absolute Gasteiger partial charge is 0.542 e. The maximum Gasteiger partial charge on any atom is 0.410 e. The summed E-state index contributed by atoms with van der Waals surface area (Å²) >= 11 is 0. The first-order chi connectivity index (χ1) is 14.3. The number of hydrogen-bond donors (Lipinski definition) is 1. The van der Waals surface area contributed by atoms with Crippen molar-refractivity contribution in [3.63, 3.8) is 0 Å². The summed E-state index contributed by atoms with van der Waals surface area (Å²) in [5, 5.41) is 4.77. The first kappa shape index (κ1) is 23.4. The Morgan fingerprint density at radius 2 is 1.87 bits per heavy atom. The number of hydrogen-bond acceptors (Lipinski definition) is 5. The highest BCUT2D eigenvalue weighted by Gasteiger charge is 2.39. The predicted octanol–water partition coefficient (Wildman–Crippen LogP) is 6.04. The number of benzene rings is 1. The van der Waals surface area contributed by atoms with Crippen LogP contribution in [0.2, 0.25) is 18.1 Å². The zero-order chi connectivity index (χ0) is 23.0. The van der Waals surface area contributed by atoms with Crippen LogP contribution in [0.3, 0.4) is 0 Å². The average Bonchev–Trinajstić information content (AvgIpc) is 3.10. The number of pyridine rings is 1. The molecule has 0 spiro atoms. The molecule has 0 radical (unpaired) electrons. The number of nitrogens with zero attached hydrogens (tertiary/aromatic N) is 2. The Kier molecular flexibility index (Phi) is 6.29. The summed E-state index contributed by atoms with van der Waals surface area (Å²) in [6.45, 7) is 18.2. The van der Waals surface area contributed by atoms with Gasteiger partial charge in [-0.1, -0.05) is 20.8 Å². The second-order valence-electron chi connectivity index (χ2n) is 10.9. The van der Waals surface area contributed by atoms with E-state index in [2.05, 4.69) is 56.3 Å². The molecule has 1 aromatic carbocycles. The maximum atomic E-state index is 12.4. The molecule has 170 valence electrons. The first-order valence-corrected chi connectivity index (χ1v) is 14.0. The number of likely N-dealkylation sites (tertiary alicyclic amines) is 1. The Labute approximate surface area is 187 Å². The van der Waals surface area contributed by atoms with Crippen LogP contribution in [0, 0.1) is 0 Å². The molecule has 0 aliphatic carbocycles. The number of aromatic nitrogens is 1. The highest BCUT2D eigenvalue weighted by molar-refractivity contribution is 6.74. The third-order valence-corrected chi connectivity index (χ3v) is 10.4. The fourth-order valence-electron chi connectivity index (χ4n) is 3.37. The van der Waals surface area contributed by atoms with Crippen molar-refractivity contribution in [3.05, 3.63) is 30.5 Å². The molecule has 7 heteroatoms. The first-order valence-electron chi connectivity index (χ1n) is 11.1. The third kappa shape index (κ3) is 5.50. The number of amides is 1. The van der Waals surface area contributed by atoms with Crippen molar-refractivity contribution in [2.24, 2.45) is 0 Å². The van der Waals surface area contributed by atoms with Crippen molar-refractivity contribution >= 4 is 31.0 Å². The second-order valence-corrected chi connectivity index (χ2v) is 15.7. The van der Waals surface area contributed by atoms with Crippen LogP contribution in [0.1, 0.15) is 48.0 Å². The van der Waals surface area contributed by atoms with Crippen LogP contribution in [0.4, 0.5) is 10.5 Å². The normalized spacial score (nSPS) is 17.7. The fraction of sp³-hybridized carbons (Fsp3) is 0.583. The van der Waals surface area contributed by atoms with Crippen LogP contribution in [-0.2, 0) is 4.74 Å². The monoisotopic (exact) mass is 443 g/mol. The van der Waals surface area contributed by atoms with E-state index in [1.807, 2.05) is 39.1 Å². The van der Waals surface area contributed by atoms with E-state index >= 15 is 0 Å². The SMILES string of the molecule is CC(C)(C)OC(=O)N1CC[C@H](Nc2ccc(O[Si](C)(C)C(C)(C)C)c3ncccc23)C1. The maximum absolute atomic E-state index is 12.4. The van der Waals surface area contributed by atoms with Gasteiger partial charge in [0, 0.05) is 36.4 Å². The van der Waals surface area contributed by atoms with E-state index in [-0.39, 0.29) is 17.2 Å². The molecule has 1 N–H and O–H groups in total. The minimum absolute atomic E-state index is 0.111. The van der Waals surface area contributed by atoms with Gasteiger partial charge in [0.25, 0.3) is 8.32 Å². The van der Waals surface area contributed by atoms with E-state index in [0.717, 1.165) is 28.8 Å². The molecule has 2 heterocycles. The van der Waals surface area contributed by atoms with Crippen LogP contribution in [0.25, 0.3) is 10.9 Å². The highest BCUT2D eigenvalue weighted by Crippen LogP contribution is 2.40. The van der Waals surface area contributed by atoms with E-state index in [1.54, 1.807) is 4.90 Å². The van der Waals surface area contributed by atoms with Gasteiger partial charge in [-0.25, -0.2) is 4.79 Å². The summed E-state index contributed by atoms with van der Waals surface area (Å²) in [5.74, 6) is 0.842. The van der Waals surface area contributed by atoms with Gasteiger partial charge in [0.2, 0.25) is 0 Å². The van der Waals surface area contributed by atoms with E-state index in [4.69, 9.17) is 9.16 Å². The molecular weight excluding hydrogens is 406 g/mol. The van der Waals surface area contributed by atoms with Gasteiger partial charge in [0.15, 0.2) is 0 Å². The van der Waals surface area contributed by atoms with Gasteiger partial charge in [0.05, 0.1) is 0 Å². The number of fused-ring (bicyclic) bond motifs is 1. The molecule has 1 atom stereocenters. The molecule has 1 amide bonds. The molecule has 1 aliphatic heterocycles. The summed E-state index contributed by atoms with van der Waals surface area (Å²) in [4.78, 5) is 18.8. The Hall–Kier alpha value is -2.28. The third-order valence-electron chi connectivity index (χ3n) is 6.10. The zero-order valence-corrected chi connectivity index (χ0v) is 21.2. The highest BCUT2D eigenvalue weighted by atomic mass is 28.4. The van der Waals surface area contributed by atoms with Gasteiger partial charge < -0.3 is 19.4 Å². The minimum atomic E-state index is -1.98. The predicted molar refractivity (Wildman–Crippen MR) is 129 cm³/mol. The smallest absolute Gasteiger partial charge is 0.410 e. The topological polar surface area (TPSA) is 63.7 Å². The van der Waals surface area contributed by atoms with Gasteiger partial charge in [0.1, 0.15) is 16.9 Å². The Morgan fingerprint density at radius 1 is 1.16 bits per heavy atom. The lowest BCUT2D eigenvalue weighted by Crippen LogP contribution is -2.43. The lowest BCUT2D eigenvalue weighted by atomic mass is 10.1. The van der Waals surface area contributed by atoms with Crippen LogP contribution in [0.15, 0.2) is 30.5 Å². The molecule has 1 saturated heterocycles. The van der Waals surface area contributed by atoms with E-state index in [0.29, 0.717) is 13.1 Å². The number of anilines is 1. The summed E-state index contributed by atoms with van der Waals surface area (Å²) in [7, 11) is -1.98. The van der Waals surface area contributed by atoms with Crippen molar-refractivity contribution in [2.75, 3.05) is 18.4 Å². The van der Waals surface area contributed by atoms with E-state index in [9.17, 15) is 4.79 Å². The van der Waals surface area contributed by atoms with Crippen molar-refractivity contribution < 1.29 is 14.0 Å². The average molecular weight is 444 g/mol. The van der Waals surface area contributed by atoms with Crippen molar-refractivity contribution in [2.45, 2.75) is 77.7 Å². The molecule has 1 aromatic heterocycles. The van der Waals surface area contributed by atoms with E-state index < -0.39 is 13.9 Å². The quantitative estimate of drug-likeness (QED) is 0.584. The minimum Gasteiger partial charge on any atom is -0.542 e. The molecule has 0 saturated carbocycles. The number of carbonyl (C=O) groups is 1. The summed E-state index contributed by atoms with van der Waals surface area (Å²) < 4.78 is 12.1. The molecule has 31 heavy (non-hydrogen) atoms. The Balaban J connectivity index is 1.78. The summed E-state index contributed by atoms with van der Waals surface area (Å²) in [6.07, 6.45) is 2.44. The molecule has 3 rings (SSSR count). The molecule has 1 aliphatic rings. The second kappa shape index (κ2) is 8.34. The number of rotatable bonds is 4. The molecular formula is C24H37N3O3Si. The number of nitrogens with one attached hydrogen (secondary N) is 1. The standard InChI is InChI=1S/C24H37N3O3Si/c1-23(2,3)29-22(28)27-15-13-17(16-27)26-19-11-12-20(21-18(19)10-9-14-25-21)30-31(7,8)24(4,5)6/h9-12,14,17,26H,13,15-16H2,1-8H3/t17-/m0/s1. The fourth-order valence-corrected chi connectivity index (χ4v) is 4.39. The van der Waals surface area contributed by atoms with Crippen molar-refractivity contribution in [3.8, 4) is 5.75 Å². The lowest BCUT2D eigenvalue weighted by molar-refractivity contribution is 0.0293. The lowest BCUT2D eigenvalue weighted by Gasteiger charge is -2.36. The van der Waals surface area contributed by atoms with Gasteiger partial charge in [-0.05, 0) is 69.6 Å². The zero-order valence-electron chi connectivity index (χ0n) is 20.2. The molecule has 6 nitrogen and oxygen atoms in total. The van der Waals surface area contributed by atoms with Gasteiger partial charge in [-0.3, -0.25) is 4.98 Å². The van der Waals surface area contributed by atoms with Gasteiger partial charge in [-0.15, -0.1) is 0 Å². The van der Waals surface area contributed by atoms with Crippen molar-refractivity contribution in [1.82, 2.24) is 9.88 Å². The summed E-state index contributed by atoms with van der Waals surface area (Å²) in [6, 6.07) is 8.29. The summed E-state index contributed by atoms with van der Waals surface area (Å²) in [5.41, 5.74) is 1.41. The van der Waals surface area contributed by atoms with Gasteiger partial charge >= 0.3 is 6.09 Å². The van der Waals surface area contributed by atoms with Gasteiger partial charge in [-0.2, -0.15) is 0 Å². The van der Waals surface area contributed by atoms with Crippen LogP contribution in [-0.4, -0.2) is 49.0 Å². The Morgan fingerprint density at radius 3 is 2.52 bits per heavy atom. The van der Waals surface area contributed by atoms with Crippen LogP contribution < -0.4 is 9.74 Å². The van der Waals surface area contributed by atoms with E-state index in [1.165, 1.54) is 0 Å². The molecule has 0 bridgehead atoms. The Bertz CT molecular complexity index is 947.